The second kappa shape index (κ2) is 12.6. The highest BCUT2D eigenvalue weighted by Crippen LogP contribution is 2.22. The summed E-state index contributed by atoms with van der Waals surface area (Å²) in [5.74, 6) is 0.790. The first-order valence-corrected chi connectivity index (χ1v) is 10.3. The van der Waals surface area contributed by atoms with Crippen LogP contribution >= 0.6 is 0 Å². The van der Waals surface area contributed by atoms with E-state index in [0.717, 1.165) is 43.4 Å². The number of ether oxygens (including phenoxy) is 1. The quantitative estimate of drug-likeness (QED) is 0.414. The largest absolute Gasteiger partial charge is 0.497 e. The fourth-order valence-electron chi connectivity index (χ4n) is 3.17. The Bertz CT molecular complexity index is 795. The topological polar surface area (TPSA) is 51.2 Å². The molecule has 0 saturated heterocycles. The van der Waals surface area contributed by atoms with E-state index in [2.05, 4.69) is 35.4 Å². The highest BCUT2D eigenvalue weighted by Gasteiger charge is 2.05. The molecule has 0 unspecified atom stereocenters. The molecule has 1 aromatic heterocycles. The molecule has 0 bridgehead atoms. The van der Waals surface area contributed by atoms with E-state index in [9.17, 15) is 4.79 Å². The first-order valence-electron chi connectivity index (χ1n) is 10.3. The molecule has 1 N–H and O–H groups in total. The van der Waals surface area contributed by atoms with E-state index in [1.165, 1.54) is 11.1 Å². The van der Waals surface area contributed by atoms with Gasteiger partial charge in [-0.1, -0.05) is 43.7 Å². The van der Waals surface area contributed by atoms with Crippen molar-refractivity contribution in [2.45, 2.75) is 52.0 Å². The van der Waals surface area contributed by atoms with Gasteiger partial charge >= 0.3 is 0 Å². The third-order valence-corrected chi connectivity index (χ3v) is 4.74. The molecule has 1 heterocycles. The van der Waals surface area contributed by atoms with Crippen molar-refractivity contribution in [1.29, 1.82) is 0 Å². The highest BCUT2D eigenvalue weighted by molar-refractivity contribution is 5.88. The van der Waals surface area contributed by atoms with E-state index in [-0.39, 0.29) is 11.9 Å². The Morgan fingerprint density at radius 3 is 2.69 bits per heavy atom. The van der Waals surface area contributed by atoms with E-state index in [1.54, 1.807) is 19.4 Å². The molecule has 0 saturated carbocycles. The number of amides is 1. The Morgan fingerprint density at radius 1 is 1.24 bits per heavy atom. The lowest BCUT2D eigenvalue weighted by molar-refractivity contribution is -0.117. The summed E-state index contributed by atoms with van der Waals surface area (Å²) in [5.41, 5.74) is 3.60. The molecule has 0 aliphatic carbocycles. The lowest BCUT2D eigenvalue weighted by atomic mass is 10.0. The van der Waals surface area contributed by atoms with Gasteiger partial charge in [0, 0.05) is 24.5 Å². The van der Waals surface area contributed by atoms with E-state index in [1.807, 2.05) is 43.5 Å². The molecule has 0 radical (unpaired) electrons. The van der Waals surface area contributed by atoms with Crippen LogP contribution in [0.3, 0.4) is 0 Å². The number of allylic oxidation sites excluding steroid dienone is 3. The van der Waals surface area contributed by atoms with Crippen molar-refractivity contribution in [3.63, 3.8) is 0 Å². The van der Waals surface area contributed by atoms with E-state index < -0.39 is 0 Å². The molecule has 0 aliphatic rings. The Morgan fingerprint density at radius 2 is 2.03 bits per heavy atom. The zero-order chi connectivity index (χ0) is 20.9. The number of carbonyl (C=O) groups is 1. The minimum absolute atomic E-state index is 0.0549. The molecule has 2 rings (SSSR count). The maximum atomic E-state index is 12.2. The number of aryl methyl sites for hydroxylation is 1. The maximum Gasteiger partial charge on any atom is 0.244 e. The molecule has 0 fully saturated rings. The van der Waals surface area contributed by atoms with Crippen LogP contribution in [0, 0.1) is 0 Å². The monoisotopic (exact) mass is 392 g/mol. The summed E-state index contributed by atoms with van der Waals surface area (Å²) in [6.45, 7) is 4.20. The van der Waals surface area contributed by atoms with Crippen molar-refractivity contribution in [3.8, 4) is 5.75 Å². The van der Waals surface area contributed by atoms with Gasteiger partial charge in [-0.05, 0) is 67.5 Å². The number of pyridine rings is 1. The lowest BCUT2D eigenvalue weighted by Gasteiger charge is -2.12. The van der Waals surface area contributed by atoms with E-state index in [4.69, 9.17) is 4.74 Å². The van der Waals surface area contributed by atoms with Crippen LogP contribution < -0.4 is 10.1 Å². The molecule has 29 heavy (non-hydrogen) atoms. The fourth-order valence-corrected chi connectivity index (χ4v) is 3.17. The first kappa shape index (κ1) is 22.4. The molecule has 0 aliphatic heterocycles. The number of aromatic nitrogens is 1. The van der Waals surface area contributed by atoms with Crippen LogP contribution in [0.1, 0.15) is 50.7 Å². The average Bonchev–Trinajstić information content (AvgIpc) is 2.74. The van der Waals surface area contributed by atoms with Crippen LogP contribution in [-0.4, -0.2) is 24.0 Å². The van der Waals surface area contributed by atoms with Gasteiger partial charge in [-0.2, -0.15) is 0 Å². The Balaban J connectivity index is 1.83. The van der Waals surface area contributed by atoms with Gasteiger partial charge in [0.05, 0.1) is 7.11 Å². The van der Waals surface area contributed by atoms with Gasteiger partial charge in [-0.3, -0.25) is 9.78 Å². The number of methoxy groups -OCH3 is 1. The SMILES string of the molecule is CCC/C(=C\C=C\C(=O)N[C@H](C)CCCc1cccnc1)c1ccc(OC)cc1. The minimum Gasteiger partial charge on any atom is -0.497 e. The molecule has 1 atom stereocenters. The number of hydrogen-bond donors (Lipinski definition) is 1. The standard InChI is InChI=1S/C25H32N2O2/c1-4-8-22(23-14-16-24(29-3)17-15-23)12-6-13-25(28)27-20(2)9-5-10-21-11-7-18-26-19-21/h6-7,11-20H,4-5,8-10H2,1-3H3,(H,27,28)/b13-6+,22-12+/t20-/m1/s1. The van der Waals surface area contributed by atoms with Gasteiger partial charge in [0.15, 0.2) is 0 Å². The van der Waals surface area contributed by atoms with Gasteiger partial charge in [-0.25, -0.2) is 0 Å². The van der Waals surface area contributed by atoms with Crippen LogP contribution in [0.2, 0.25) is 0 Å². The van der Waals surface area contributed by atoms with E-state index in [0.29, 0.717) is 0 Å². The first-order chi connectivity index (χ1) is 14.1. The van der Waals surface area contributed by atoms with Gasteiger partial charge in [-0.15, -0.1) is 0 Å². The second-order valence-electron chi connectivity index (χ2n) is 7.19. The number of hydrogen-bond acceptors (Lipinski definition) is 3. The molecule has 1 amide bonds. The van der Waals surface area contributed by atoms with Crippen molar-refractivity contribution in [2.24, 2.45) is 0 Å². The van der Waals surface area contributed by atoms with E-state index >= 15 is 0 Å². The van der Waals surface area contributed by atoms with Crippen molar-refractivity contribution >= 4 is 11.5 Å². The van der Waals surface area contributed by atoms with Crippen molar-refractivity contribution in [2.75, 3.05) is 7.11 Å². The van der Waals surface area contributed by atoms with Gasteiger partial charge in [0.25, 0.3) is 0 Å². The summed E-state index contributed by atoms with van der Waals surface area (Å²) in [6.07, 6.45) is 14.1. The summed E-state index contributed by atoms with van der Waals surface area (Å²) in [6, 6.07) is 12.2. The van der Waals surface area contributed by atoms with Crippen LogP contribution in [0.5, 0.6) is 5.75 Å². The highest BCUT2D eigenvalue weighted by atomic mass is 16.5. The third kappa shape index (κ3) is 8.34. The van der Waals surface area contributed by atoms with Crippen LogP contribution in [0.4, 0.5) is 0 Å². The average molecular weight is 393 g/mol. The predicted molar refractivity (Wildman–Crippen MR) is 120 cm³/mol. The van der Waals surface area contributed by atoms with Gasteiger partial charge in [0.1, 0.15) is 5.75 Å². The second-order valence-corrected chi connectivity index (χ2v) is 7.19. The molecular formula is C25H32N2O2. The molecule has 4 nitrogen and oxygen atoms in total. The number of carbonyl (C=O) groups excluding carboxylic acids is 1. The van der Waals surface area contributed by atoms with Crippen molar-refractivity contribution in [3.05, 3.63) is 78.1 Å². The van der Waals surface area contributed by atoms with Crippen molar-refractivity contribution in [1.82, 2.24) is 10.3 Å². The Labute approximate surface area is 174 Å². The molecule has 154 valence electrons. The zero-order valence-corrected chi connectivity index (χ0v) is 17.7. The summed E-state index contributed by atoms with van der Waals surface area (Å²) in [4.78, 5) is 16.3. The number of rotatable bonds is 11. The van der Waals surface area contributed by atoms with Gasteiger partial charge < -0.3 is 10.1 Å². The zero-order valence-electron chi connectivity index (χ0n) is 17.7. The molecule has 1 aromatic carbocycles. The fraction of sp³-hybridized carbons (Fsp3) is 0.360. The summed E-state index contributed by atoms with van der Waals surface area (Å²) < 4.78 is 5.22. The van der Waals surface area contributed by atoms with Crippen LogP contribution in [0.15, 0.2) is 67.0 Å². The molecule has 4 heteroatoms. The third-order valence-electron chi connectivity index (χ3n) is 4.74. The molecule has 0 spiro atoms. The Hall–Kier alpha value is -2.88. The summed E-state index contributed by atoms with van der Waals surface area (Å²) >= 11 is 0. The normalized spacial score (nSPS) is 12.7. The lowest BCUT2D eigenvalue weighted by Crippen LogP contribution is -2.31. The van der Waals surface area contributed by atoms with Crippen LogP contribution in [-0.2, 0) is 11.2 Å². The number of nitrogens with one attached hydrogen (secondary N) is 1. The van der Waals surface area contributed by atoms with Gasteiger partial charge in [0.2, 0.25) is 5.91 Å². The maximum absolute atomic E-state index is 12.2. The van der Waals surface area contributed by atoms with Crippen LogP contribution in [0.25, 0.3) is 5.57 Å². The number of benzene rings is 1. The molecule has 2 aromatic rings. The number of nitrogens with zero attached hydrogens (tertiary/aromatic N) is 1. The minimum atomic E-state index is -0.0549. The summed E-state index contributed by atoms with van der Waals surface area (Å²) in [7, 11) is 1.67. The summed E-state index contributed by atoms with van der Waals surface area (Å²) in [5, 5.41) is 3.04. The predicted octanol–water partition coefficient (Wildman–Crippen LogP) is 5.36. The smallest absolute Gasteiger partial charge is 0.244 e. The Kier molecular flexibility index (Phi) is 9.70. The molecular weight excluding hydrogens is 360 g/mol. The van der Waals surface area contributed by atoms with Crippen molar-refractivity contribution < 1.29 is 9.53 Å².